The van der Waals surface area contributed by atoms with Crippen LogP contribution in [0.4, 0.5) is 8.78 Å². The van der Waals surface area contributed by atoms with Gasteiger partial charge >= 0.3 is 0 Å². The van der Waals surface area contributed by atoms with E-state index in [-0.39, 0.29) is 18.8 Å². The van der Waals surface area contributed by atoms with E-state index in [1.165, 1.54) is 10.9 Å². The van der Waals surface area contributed by atoms with Crippen LogP contribution in [-0.2, 0) is 22.6 Å². The predicted octanol–water partition coefficient (Wildman–Crippen LogP) is 1.48. The van der Waals surface area contributed by atoms with Crippen LogP contribution in [0.25, 0.3) is 0 Å². The Morgan fingerprint density at radius 3 is 2.79 bits per heavy atom. The summed E-state index contributed by atoms with van der Waals surface area (Å²) >= 11 is 0. The fraction of sp³-hybridized carbons (Fsp3) is 0.474. The number of nitrogens with zero attached hydrogens (tertiary/aromatic N) is 4. The molecule has 1 aliphatic heterocycles. The van der Waals surface area contributed by atoms with Gasteiger partial charge in [-0.2, -0.15) is 0 Å². The van der Waals surface area contributed by atoms with Crippen molar-refractivity contribution in [2.75, 3.05) is 19.8 Å². The number of hydrogen-bond acceptors (Lipinski definition) is 5. The first kappa shape index (κ1) is 20.8. The number of rotatable bonds is 8. The summed E-state index contributed by atoms with van der Waals surface area (Å²) in [7, 11) is 0. The van der Waals surface area contributed by atoms with Crippen molar-refractivity contribution in [3.63, 3.8) is 0 Å². The second-order valence-electron chi connectivity index (χ2n) is 6.87. The Hall–Kier alpha value is -2.88. The average Bonchev–Trinajstić information content (AvgIpc) is 3.29. The molecule has 1 aliphatic rings. The molecule has 2 amide bonds. The summed E-state index contributed by atoms with van der Waals surface area (Å²) < 4.78 is 34.1. The lowest BCUT2D eigenvalue weighted by molar-refractivity contribution is -0.138. The van der Waals surface area contributed by atoms with Crippen molar-refractivity contribution in [2.45, 2.75) is 38.4 Å². The summed E-state index contributed by atoms with van der Waals surface area (Å²) in [5.74, 6) is -3.88. The maximum atomic E-state index is 13.9. The van der Waals surface area contributed by atoms with Crippen LogP contribution in [0.5, 0.6) is 0 Å². The van der Waals surface area contributed by atoms with Gasteiger partial charge in [-0.1, -0.05) is 35.5 Å². The fourth-order valence-corrected chi connectivity index (χ4v) is 3.20. The van der Waals surface area contributed by atoms with E-state index in [2.05, 4.69) is 15.6 Å². The first-order chi connectivity index (χ1) is 13.9. The number of aromatic nitrogens is 3. The third-order valence-electron chi connectivity index (χ3n) is 4.59. The highest BCUT2D eigenvalue weighted by atomic mass is 19.3. The van der Waals surface area contributed by atoms with E-state index in [0.29, 0.717) is 13.2 Å². The zero-order valence-corrected chi connectivity index (χ0v) is 16.1. The zero-order chi connectivity index (χ0) is 20.9. The van der Waals surface area contributed by atoms with Gasteiger partial charge in [0.25, 0.3) is 11.8 Å². The van der Waals surface area contributed by atoms with Gasteiger partial charge in [-0.25, -0.2) is 13.5 Å². The van der Waals surface area contributed by atoms with E-state index in [4.69, 9.17) is 4.74 Å². The van der Waals surface area contributed by atoms with Crippen LogP contribution in [0.2, 0.25) is 0 Å². The van der Waals surface area contributed by atoms with Crippen molar-refractivity contribution in [3.05, 3.63) is 47.8 Å². The molecule has 0 unspecified atom stereocenters. The third-order valence-corrected chi connectivity index (χ3v) is 4.59. The number of carbonyl (C=O) groups is 2. The van der Waals surface area contributed by atoms with Gasteiger partial charge in [-0.3, -0.25) is 9.59 Å². The smallest absolute Gasteiger partial charge is 0.273 e. The minimum Gasteiger partial charge on any atom is -0.372 e. The summed E-state index contributed by atoms with van der Waals surface area (Å²) in [6, 6.07) is 8.63. The van der Waals surface area contributed by atoms with Gasteiger partial charge in [0.05, 0.1) is 25.3 Å². The van der Waals surface area contributed by atoms with E-state index < -0.39 is 36.7 Å². The van der Waals surface area contributed by atoms with Gasteiger partial charge in [-0.15, -0.1) is 5.10 Å². The number of alkyl halides is 2. The molecule has 29 heavy (non-hydrogen) atoms. The molecule has 1 aromatic heterocycles. The quantitative estimate of drug-likeness (QED) is 0.716. The average molecular weight is 407 g/mol. The Kier molecular flexibility index (Phi) is 6.53. The molecule has 0 radical (unpaired) electrons. The summed E-state index contributed by atoms with van der Waals surface area (Å²) in [5, 5.41) is 10.4. The molecule has 0 bridgehead atoms. The minimum absolute atomic E-state index is 0.0203. The van der Waals surface area contributed by atoms with Crippen molar-refractivity contribution in [3.8, 4) is 0 Å². The minimum atomic E-state index is -2.97. The van der Waals surface area contributed by atoms with Gasteiger partial charge in [-0.05, 0) is 12.5 Å². The van der Waals surface area contributed by atoms with Crippen LogP contribution in [0.15, 0.2) is 36.5 Å². The Balaban J connectivity index is 1.60. The molecule has 1 fully saturated rings. The Bertz CT molecular complexity index is 843. The van der Waals surface area contributed by atoms with Crippen LogP contribution in [-0.4, -0.2) is 63.4 Å². The highest BCUT2D eigenvalue weighted by Gasteiger charge is 2.47. The molecule has 10 heteroatoms. The highest BCUT2D eigenvalue weighted by Crippen LogP contribution is 2.32. The molecule has 1 N–H and O–H groups in total. The maximum Gasteiger partial charge on any atom is 0.273 e. The maximum absolute atomic E-state index is 13.9. The molecule has 1 atom stereocenters. The van der Waals surface area contributed by atoms with Gasteiger partial charge in [0.15, 0.2) is 5.69 Å². The lowest BCUT2D eigenvalue weighted by Gasteiger charge is -2.23. The fourth-order valence-electron chi connectivity index (χ4n) is 3.20. The summed E-state index contributed by atoms with van der Waals surface area (Å²) in [4.78, 5) is 25.5. The topological polar surface area (TPSA) is 89.4 Å². The van der Waals surface area contributed by atoms with E-state index in [1.54, 1.807) is 6.92 Å². The second-order valence-corrected chi connectivity index (χ2v) is 6.87. The standard InChI is InChI=1S/C19H23F2N5O3/c1-2-29-12-17(27)26-13-19(20,21)8-15(26)10-25-11-16(23-24-25)18(28)22-9-14-6-4-3-5-7-14/h3-7,11,15H,2,8-10,12-13H2,1H3,(H,22,28)/t15-/m0/s1. The number of hydrogen-bond donors (Lipinski definition) is 1. The number of ether oxygens (including phenoxy) is 1. The third kappa shape index (κ3) is 5.57. The molecule has 156 valence electrons. The summed E-state index contributed by atoms with van der Waals surface area (Å²) in [5.41, 5.74) is 1.02. The number of likely N-dealkylation sites (tertiary alicyclic amines) is 1. The summed E-state index contributed by atoms with van der Waals surface area (Å²) in [6.07, 6.45) is 0.919. The van der Waals surface area contributed by atoms with Gasteiger partial charge < -0.3 is 15.0 Å². The molecular formula is C19H23F2N5O3. The first-order valence-corrected chi connectivity index (χ1v) is 9.35. The van der Waals surface area contributed by atoms with E-state index in [0.717, 1.165) is 10.5 Å². The van der Waals surface area contributed by atoms with Gasteiger partial charge in [0.1, 0.15) is 6.61 Å². The molecular weight excluding hydrogens is 384 g/mol. The molecule has 3 rings (SSSR count). The largest absolute Gasteiger partial charge is 0.372 e. The van der Waals surface area contributed by atoms with Crippen molar-refractivity contribution >= 4 is 11.8 Å². The second kappa shape index (κ2) is 9.08. The predicted molar refractivity (Wildman–Crippen MR) is 99.2 cm³/mol. The molecule has 1 aromatic carbocycles. The molecule has 0 aliphatic carbocycles. The molecule has 2 aromatic rings. The van der Waals surface area contributed by atoms with Crippen molar-refractivity contribution in [1.82, 2.24) is 25.2 Å². The van der Waals surface area contributed by atoms with Crippen molar-refractivity contribution in [1.29, 1.82) is 0 Å². The molecule has 1 saturated heterocycles. The highest BCUT2D eigenvalue weighted by molar-refractivity contribution is 5.91. The van der Waals surface area contributed by atoms with Crippen LogP contribution < -0.4 is 5.32 Å². The lowest BCUT2D eigenvalue weighted by atomic mass is 10.2. The van der Waals surface area contributed by atoms with E-state index >= 15 is 0 Å². The first-order valence-electron chi connectivity index (χ1n) is 9.35. The Morgan fingerprint density at radius 2 is 2.07 bits per heavy atom. The monoisotopic (exact) mass is 407 g/mol. The molecule has 0 saturated carbocycles. The Labute approximate surface area is 166 Å². The molecule has 8 nitrogen and oxygen atoms in total. The van der Waals surface area contributed by atoms with Crippen LogP contribution in [0.1, 0.15) is 29.4 Å². The molecule has 0 spiro atoms. The van der Waals surface area contributed by atoms with E-state index in [9.17, 15) is 18.4 Å². The van der Waals surface area contributed by atoms with E-state index in [1.807, 2.05) is 30.3 Å². The number of amides is 2. The number of nitrogens with one attached hydrogen (secondary N) is 1. The van der Waals surface area contributed by atoms with Crippen molar-refractivity contribution in [2.24, 2.45) is 0 Å². The SMILES string of the molecule is CCOCC(=O)N1CC(F)(F)C[C@H]1Cn1cc(C(=O)NCc2ccccc2)nn1. The van der Waals surface area contributed by atoms with Gasteiger partial charge in [0.2, 0.25) is 5.91 Å². The van der Waals surface area contributed by atoms with Gasteiger partial charge in [0, 0.05) is 19.6 Å². The van der Waals surface area contributed by atoms with Crippen molar-refractivity contribution < 1.29 is 23.1 Å². The van der Waals surface area contributed by atoms with Crippen LogP contribution in [0.3, 0.4) is 0 Å². The number of carbonyl (C=O) groups excluding carboxylic acids is 2. The lowest BCUT2D eigenvalue weighted by Crippen LogP contribution is -2.40. The normalized spacial score (nSPS) is 18.0. The Morgan fingerprint density at radius 1 is 1.31 bits per heavy atom. The van der Waals surface area contributed by atoms with Crippen LogP contribution >= 0.6 is 0 Å². The summed E-state index contributed by atoms with van der Waals surface area (Å²) in [6.45, 7) is 1.51. The van der Waals surface area contributed by atoms with Crippen LogP contribution in [0, 0.1) is 0 Å². The number of halogens is 2. The molecule has 2 heterocycles. The zero-order valence-electron chi connectivity index (χ0n) is 16.1. The number of benzene rings is 1.